The lowest BCUT2D eigenvalue weighted by Gasteiger charge is -2.56. The number of halogens is 1. The fourth-order valence-electron chi connectivity index (χ4n) is 4.40. The Bertz CT molecular complexity index is 1260. The van der Waals surface area contributed by atoms with Gasteiger partial charge in [0.05, 0.1) is 36.9 Å². The number of fused-ring (bicyclic) bond motifs is 2. The van der Waals surface area contributed by atoms with Crippen molar-refractivity contribution in [3.05, 3.63) is 48.8 Å². The number of pyridine rings is 1. The van der Waals surface area contributed by atoms with Gasteiger partial charge in [0.15, 0.2) is 17.2 Å². The molecule has 0 radical (unpaired) electrons. The highest BCUT2D eigenvalue weighted by Crippen LogP contribution is 2.38. The SMILES string of the molecule is COc1cc2c(-c3cnn4cc(N5CC6(CNC6)C5)cnc34)ccnc2cc1F. The molecule has 146 valence electrons. The Morgan fingerprint density at radius 3 is 2.76 bits per heavy atom. The van der Waals surface area contributed by atoms with Crippen molar-refractivity contribution in [1.82, 2.24) is 24.9 Å². The minimum Gasteiger partial charge on any atom is -0.494 e. The minimum absolute atomic E-state index is 0.190. The number of methoxy groups -OCH3 is 1. The van der Waals surface area contributed by atoms with Crippen LogP contribution in [0.25, 0.3) is 27.7 Å². The molecule has 0 amide bonds. The van der Waals surface area contributed by atoms with Crippen LogP contribution in [0, 0.1) is 11.2 Å². The number of hydrogen-bond donors (Lipinski definition) is 1. The number of anilines is 1. The summed E-state index contributed by atoms with van der Waals surface area (Å²) in [5, 5.41) is 8.68. The van der Waals surface area contributed by atoms with Gasteiger partial charge in [-0.3, -0.25) is 4.98 Å². The number of hydrogen-bond acceptors (Lipinski definition) is 6. The summed E-state index contributed by atoms with van der Waals surface area (Å²) >= 11 is 0. The van der Waals surface area contributed by atoms with Crippen LogP contribution in [-0.4, -0.2) is 52.9 Å². The van der Waals surface area contributed by atoms with Crippen LogP contribution in [0.15, 0.2) is 43.0 Å². The molecule has 0 atom stereocenters. The maximum Gasteiger partial charge on any atom is 0.167 e. The number of nitrogens with zero attached hydrogens (tertiary/aromatic N) is 5. The number of rotatable bonds is 3. The van der Waals surface area contributed by atoms with Gasteiger partial charge in [-0.2, -0.15) is 5.10 Å². The van der Waals surface area contributed by atoms with Crippen molar-refractivity contribution < 1.29 is 9.13 Å². The lowest BCUT2D eigenvalue weighted by molar-refractivity contribution is 0.121. The van der Waals surface area contributed by atoms with Gasteiger partial charge < -0.3 is 15.0 Å². The quantitative estimate of drug-likeness (QED) is 0.580. The highest BCUT2D eigenvalue weighted by Gasteiger charge is 2.47. The summed E-state index contributed by atoms with van der Waals surface area (Å²) in [7, 11) is 1.46. The summed E-state index contributed by atoms with van der Waals surface area (Å²) in [5.41, 5.74) is 4.62. The predicted molar refractivity (Wildman–Crippen MR) is 108 cm³/mol. The predicted octanol–water partition coefficient (Wildman–Crippen LogP) is 2.50. The lowest BCUT2D eigenvalue weighted by atomic mass is 9.74. The smallest absolute Gasteiger partial charge is 0.167 e. The van der Waals surface area contributed by atoms with E-state index in [-0.39, 0.29) is 5.75 Å². The van der Waals surface area contributed by atoms with Crippen LogP contribution in [-0.2, 0) is 0 Å². The van der Waals surface area contributed by atoms with Crippen molar-refractivity contribution in [2.24, 2.45) is 5.41 Å². The molecule has 6 rings (SSSR count). The molecule has 2 aliphatic rings. The molecule has 8 heteroatoms. The van der Waals surface area contributed by atoms with Crippen LogP contribution in [0.2, 0.25) is 0 Å². The van der Waals surface area contributed by atoms with Gasteiger partial charge in [0, 0.05) is 54.8 Å². The van der Waals surface area contributed by atoms with E-state index in [1.807, 2.05) is 23.0 Å². The summed E-state index contributed by atoms with van der Waals surface area (Å²) < 4.78 is 21.1. The molecule has 5 heterocycles. The highest BCUT2D eigenvalue weighted by molar-refractivity contribution is 5.98. The van der Waals surface area contributed by atoms with Gasteiger partial charge in [-0.15, -0.1) is 0 Å². The fourth-order valence-corrected chi connectivity index (χ4v) is 4.40. The Labute approximate surface area is 166 Å². The van der Waals surface area contributed by atoms with E-state index in [0.717, 1.165) is 54.0 Å². The molecular formula is C21H19FN6O. The van der Waals surface area contributed by atoms with Crippen LogP contribution >= 0.6 is 0 Å². The first-order valence-corrected chi connectivity index (χ1v) is 9.58. The van der Waals surface area contributed by atoms with E-state index < -0.39 is 5.82 Å². The third-order valence-electron chi connectivity index (χ3n) is 6.07. The van der Waals surface area contributed by atoms with Gasteiger partial charge in [-0.05, 0) is 17.7 Å². The summed E-state index contributed by atoms with van der Waals surface area (Å²) in [5.74, 6) is -0.239. The number of nitrogens with one attached hydrogen (secondary N) is 1. The second-order valence-electron chi connectivity index (χ2n) is 7.96. The van der Waals surface area contributed by atoms with E-state index >= 15 is 0 Å². The first-order chi connectivity index (χ1) is 14.2. The van der Waals surface area contributed by atoms with Crippen molar-refractivity contribution in [2.45, 2.75) is 0 Å². The van der Waals surface area contributed by atoms with Gasteiger partial charge in [-0.1, -0.05) is 0 Å². The zero-order chi connectivity index (χ0) is 19.6. The second kappa shape index (κ2) is 5.87. The lowest BCUT2D eigenvalue weighted by Crippen LogP contribution is -2.71. The molecule has 1 aromatic carbocycles. The molecule has 1 spiro atoms. The average molecular weight is 390 g/mol. The Morgan fingerprint density at radius 2 is 2.00 bits per heavy atom. The van der Waals surface area contributed by atoms with E-state index in [9.17, 15) is 4.39 Å². The summed E-state index contributed by atoms with van der Waals surface area (Å²) in [6.45, 7) is 4.32. The highest BCUT2D eigenvalue weighted by atomic mass is 19.1. The maximum absolute atomic E-state index is 14.1. The van der Waals surface area contributed by atoms with E-state index in [4.69, 9.17) is 9.72 Å². The molecule has 29 heavy (non-hydrogen) atoms. The Morgan fingerprint density at radius 1 is 1.14 bits per heavy atom. The van der Waals surface area contributed by atoms with Crippen LogP contribution in [0.1, 0.15) is 0 Å². The van der Waals surface area contributed by atoms with E-state index in [2.05, 4.69) is 20.3 Å². The molecule has 4 aromatic rings. The second-order valence-corrected chi connectivity index (χ2v) is 7.96. The monoisotopic (exact) mass is 390 g/mol. The number of ether oxygens (including phenoxy) is 1. The summed E-state index contributed by atoms with van der Waals surface area (Å²) in [4.78, 5) is 11.3. The zero-order valence-electron chi connectivity index (χ0n) is 15.9. The third kappa shape index (κ3) is 2.42. The Kier molecular flexibility index (Phi) is 3.37. The molecule has 0 aliphatic carbocycles. The fraction of sp³-hybridized carbons (Fsp3) is 0.286. The molecule has 2 saturated heterocycles. The normalized spacial score (nSPS) is 17.5. The van der Waals surface area contributed by atoms with E-state index in [0.29, 0.717) is 10.9 Å². The van der Waals surface area contributed by atoms with Crippen molar-refractivity contribution >= 4 is 22.2 Å². The van der Waals surface area contributed by atoms with Gasteiger partial charge >= 0.3 is 0 Å². The number of aromatic nitrogens is 4. The standard InChI is InChI=1S/C21H19FN6O/c1-29-19-4-15-14(2-3-24-18(15)5-17(19)22)16-7-26-28-8-13(6-25-20(16)28)27-11-21(12-27)9-23-10-21/h2-8,23H,9-12H2,1H3. The molecule has 2 fully saturated rings. The summed E-state index contributed by atoms with van der Waals surface area (Å²) in [6, 6.07) is 4.97. The molecule has 1 N–H and O–H groups in total. The van der Waals surface area contributed by atoms with Crippen molar-refractivity contribution in [1.29, 1.82) is 0 Å². The first-order valence-electron chi connectivity index (χ1n) is 9.58. The van der Waals surface area contributed by atoms with E-state index in [1.54, 1.807) is 18.5 Å². The van der Waals surface area contributed by atoms with Gasteiger partial charge in [0.1, 0.15) is 0 Å². The van der Waals surface area contributed by atoms with Gasteiger partial charge in [-0.25, -0.2) is 13.9 Å². The first kappa shape index (κ1) is 16.7. The minimum atomic E-state index is -0.429. The molecule has 7 nitrogen and oxygen atoms in total. The Balaban J connectivity index is 1.42. The zero-order valence-corrected chi connectivity index (χ0v) is 15.9. The topological polar surface area (TPSA) is 67.6 Å². The Hall–Kier alpha value is -3.26. The van der Waals surface area contributed by atoms with Crippen molar-refractivity contribution in [3.8, 4) is 16.9 Å². The molecule has 0 unspecified atom stereocenters. The molecule has 2 aliphatic heterocycles. The molecule has 3 aromatic heterocycles. The largest absolute Gasteiger partial charge is 0.494 e. The molecule has 0 saturated carbocycles. The van der Waals surface area contributed by atoms with Gasteiger partial charge in [0.25, 0.3) is 0 Å². The van der Waals surface area contributed by atoms with Crippen molar-refractivity contribution in [3.63, 3.8) is 0 Å². The third-order valence-corrected chi connectivity index (χ3v) is 6.07. The number of benzene rings is 1. The van der Waals surface area contributed by atoms with Crippen LogP contribution < -0.4 is 15.0 Å². The molecule has 0 bridgehead atoms. The van der Waals surface area contributed by atoms with Gasteiger partial charge in [0.2, 0.25) is 0 Å². The van der Waals surface area contributed by atoms with Crippen LogP contribution in [0.3, 0.4) is 0 Å². The summed E-state index contributed by atoms with van der Waals surface area (Å²) in [6.07, 6.45) is 7.40. The van der Waals surface area contributed by atoms with Crippen molar-refractivity contribution in [2.75, 3.05) is 38.2 Å². The average Bonchev–Trinajstić information content (AvgIpc) is 3.08. The molecular weight excluding hydrogens is 371 g/mol. The van der Waals surface area contributed by atoms with E-state index in [1.165, 1.54) is 13.2 Å². The maximum atomic E-state index is 14.1. The van der Waals surface area contributed by atoms with Crippen LogP contribution in [0.4, 0.5) is 10.1 Å². The van der Waals surface area contributed by atoms with Crippen LogP contribution in [0.5, 0.6) is 5.75 Å².